The fraction of sp³-hybridized carbons (Fsp3) is 0.533. The van der Waals surface area contributed by atoms with Crippen molar-refractivity contribution in [2.24, 2.45) is 0 Å². The first-order chi connectivity index (χ1) is 9.29. The van der Waals surface area contributed by atoms with Crippen molar-refractivity contribution >= 4 is 11.4 Å². The van der Waals surface area contributed by atoms with Gasteiger partial charge in [-0.25, -0.2) is 0 Å². The van der Waals surface area contributed by atoms with E-state index in [1.54, 1.807) is 6.07 Å². The van der Waals surface area contributed by atoms with E-state index in [0.29, 0.717) is 11.3 Å². The van der Waals surface area contributed by atoms with Crippen molar-refractivity contribution in [3.8, 4) is 6.07 Å². The number of nitrogens with one attached hydrogen (secondary N) is 1. The molecule has 1 aliphatic heterocycles. The van der Waals surface area contributed by atoms with Gasteiger partial charge < -0.3 is 16.0 Å². The number of rotatable bonds is 4. The largest absolute Gasteiger partial charge is 0.398 e. The average molecular weight is 258 g/mol. The molecule has 0 unspecified atom stereocenters. The first-order valence-corrected chi connectivity index (χ1v) is 7.05. The van der Waals surface area contributed by atoms with Crippen LogP contribution < -0.4 is 11.1 Å². The maximum atomic E-state index is 8.83. The fourth-order valence-electron chi connectivity index (χ4n) is 2.49. The molecule has 19 heavy (non-hydrogen) atoms. The van der Waals surface area contributed by atoms with Crippen molar-refractivity contribution in [3.05, 3.63) is 23.8 Å². The van der Waals surface area contributed by atoms with Gasteiger partial charge in [0, 0.05) is 18.8 Å². The Morgan fingerprint density at radius 3 is 2.58 bits per heavy atom. The zero-order chi connectivity index (χ0) is 13.5. The molecule has 0 radical (unpaired) electrons. The summed E-state index contributed by atoms with van der Waals surface area (Å²) < 4.78 is 0. The van der Waals surface area contributed by atoms with Crippen molar-refractivity contribution in [3.63, 3.8) is 0 Å². The molecule has 0 atom stereocenters. The molecule has 0 aromatic heterocycles. The molecular formula is C15H22N4. The monoisotopic (exact) mass is 258 g/mol. The minimum atomic E-state index is 0.540. The predicted molar refractivity (Wildman–Crippen MR) is 79.0 cm³/mol. The Bertz CT molecular complexity index is 442. The summed E-state index contributed by atoms with van der Waals surface area (Å²) in [5.74, 6) is 0. The Morgan fingerprint density at radius 2 is 1.95 bits per heavy atom. The lowest BCUT2D eigenvalue weighted by molar-refractivity contribution is 0.296. The first kappa shape index (κ1) is 13.7. The summed E-state index contributed by atoms with van der Waals surface area (Å²) in [6, 6.07) is 7.59. The number of nitrogen functional groups attached to an aromatic ring is 1. The molecule has 4 nitrogen and oxygen atoms in total. The first-order valence-electron chi connectivity index (χ1n) is 7.05. The van der Waals surface area contributed by atoms with Crippen molar-refractivity contribution in [1.82, 2.24) is 4.90 Å². The van der Waals surface area contributed by atoms with Crippen molar-refractivity contribution in [2.45, 2.75) is 25.7 Å². The topological polar surface area (TPSA) is 65.1 Å². The standard InChI is InChI=1S/C15H22N4/c16-12-13-5-6-14(11-15(13)17)18-7-10-19-8-3-1-2-4-9-19/h5-6,11,18H,1-4,7-10,17H2. The van der Waals surface area contributed by atoms with Gasteiger partial charge in [-0.2, -0.15) is 5.26 Å². The number of benzene rings is 1. The molecule has 1 saturated heterocycles. The summed E-state index contributed by atoms with van der Waals surface area (Å²) in [7, 11) is 0. The number of hydrogen-bond acceptors (Lipinski definition) is 4. The molecule has 0 spiro atoms. The lowest BCUT2D eigenvalue weighted by Gasteiger charge is -2.20. The summed E-state index contributed by atoms with van der Waals surface area (Å²) in [6.07, 6.45) is 5.39. The van der Waals surface area contributed by atoms with Crippen LogP contribution in [0, 0.1) is 11.3 Å². The van der Waals surface area contributed by atoms with Crippen molar-refractivity contribution < 1.29 is 0 Å². The second kappa shape index (κ2) is 7.01. The lowest BCUT2D eigenvalue weighted by Crippen LogP contribution is -2.29. The second-order valence-electron chi connectivity index (χ2n) is 5.10. The van der Waals surface area contributed by atoms with Gasteiger partial charge in [0.25, 0.3) is 0 Å². The number of anilines is 2. The van der Waals surface area contributed by atoms with Crippen molar-refractivity contribution in [1.29, 1.82) is 5.26 Å². The third-order valence-electron chi connectivity index (χ3n) is 3.63. The molecule has 0 aliphatic carbocycles. The van der Waals surface area contributed by atoms with Gasteiger partial charge in [0.15, 0.2) is 0 Å². The zero-order valence-corrected chi connectivity index (χ0v) is 11.4. The number of nitrogens with zero attached hydrogens (tertiary/aromatic N) is 2. The van der Waals surface area contributed by atoms with Gasteiger partial charge in [0.2, 0.25) is 0 Å². The third kappa shape index (κ3) is 4.15. The Balaban J connectivity index is 1.79. The highest BCUT2D eigenvalue weighted by molar-refractivity contribution is 5.62. The number of likely N-dealkylation sites (tertiary alicyclic amines) is 1. The average Bonchev–Trinajstić information content (AvgIpc) is 2.68. The number of nitrogens with two attached hydrogens (primary N) is 1. The second-order valence-corrected chi connectivity index (χ2v) is 5.10. The Hall–Kier alpha value is -1.73. The van der Waals surface area contributed by atoms with Crippen LogP contribution in [0.4, 0.5) is 11.4 Å². The molecule has 0 amide bonds. The van der Waals surface area contributed by atoms with E-state index >= 15 is 0 Å². The van der Waals surface area contributed by atoms with Crippen LogP contribution >= 0.6 is 0 Å². The van der Waals surface area contributed by atoms with Crippen LogP contribution in [0.2, 0.25) is 0 Å². The molecule has 0 bridgehead atoms. The van der Waals surface area contributed by atoms with Crippen molar-refractivity contribution in [2.75, 3.05) is 37.2 Å². The predicted octanol–water partition coefficient (Wildman–Crippen LogP) is 2.43. The summed E-state index contributed by atoms with van der Waals surface area (Å²) in [5.41, 5.74) is 7.87. The third-order valence-corrected chi connectivity index (χ3v) is 3.63. The van der Waals surface area contributed by atoms with Crippen LogP contribution in [0.3, 0.4) is 0 Å². The molecule has 1 heterocycles. The Kier molecular flexibility index (Phi) is 5.05. The molecule has 2 rings (SSSR count). The zero-order valence-electron chi connectivity index (χ0n) is 11.4. The quantitative estimate of drug-likeness (QED) is 0.814. The van der Waals surface area contributed by atoms with E-state index in [0.717, 1.165) is 18.8 Å². The molecule has 1 aromatic carbocycles. The van der Waals surface area contributed by atoms with E-state index in [-0.39, 0.29) is 0 Å². The van der Waals surface area contributed by atoms with Gasteiger partial charge in [-0.1, -0.05) is 12.8 Å². The smallest absolute Gasteiger partial charge is 0.101 e. The Morgan fingerprint density at radius 1 is 1.21 bits per heavy atom. The van der Waals surface area contributed by atoms with Crippen LogP contribution in [0.25, 0.3) is 0 Å². The van der Waals surface area contributed by atoms with Gasteiger partial charge >= 0.3 is 0 Å². The van der Waals surface area contributed by atoms with E-state index in [1.807, 2.05) is 12.1 Å². The lowest BCUT2D eigenvalue weighted by atomic mass is 10.2. The molecule has 4 heteroatoms. The van der Waals surface area contributed by atoms with Gasteiger partial charge in [0.1, 0.15) is 6.07 Å². The molecular weight excluding hydrogens is 236 g/mol. The number of hydrogen-bond donors (Lipinski definition) is 2. The number of nitriles is 1. The van der Waals surface area contributed by atoms with Crippen LogP contribution in [0.5, 0.6) is 0 Å². The molecule has 102 valence electrons. The van der Waals surface area contributed by atoms with Gasteiger partial charge in [-0.3, -0.25) is 0 Å². The van der Waals surface area contributed by atoms with E-state index in [1.165, 1.54) is 38.8 Å². The van der Waals surface area contributed by atoms with Crippen LogP contribution in [-0.4, -0.2) is 31.1 Å². The maximum Gasteiger partial charge on any atom is 0.101 e. The van der Waals surface area contributed by atoms with Gasteiger partial charge in [0.05, 0.1) is 11.3 Å². The fourth-order valence-corrected chi connectivity index (χ4v) is 2.49. The minimum Gasteiger partial charge on any atom is -0.398 e. The van der Waals surface area contributed by atoms with Gasteiger partial charge in [-0.05, 0) is 44.1 Å². The maximum absolute atomic E-state index is 8.83. The summed E-state index contributed by atoms with van der Waals surface area (Å²) >= 11 is 0. The van der Waals surface area contributed by atoms with E-state index in [9.17, 15) is 0 Å². The van der Waals surface area contributed by atoms with E-state index < -0.39 is 0 Å². The molecule has 1 aliphatic rings. The highest BCUT2D eigenvalue weighted by Gasteiger charge is 2.08. The summed E-state index contributed by atoms with van der Waals surface area (Å²) in [6.45, 7) is 4.43. The molecule has 1 aromatic rings. The highest BCUT2D eigenvalue weighted by atomic mass is 15.1. The van der Waals surface area contributed by atoms with Crippen LogP contribution in [0.15, 0.2) is 18.2 Å². The highest BCUT2D eigenvalue weighted by Crippen LogP contribution is 2.17. The van der Waals surface area contributed by atoms with E-state index in [4.69, 9.17) is 11.0 Å². The van der Waals surface area contributed by atoms with Crippen LogP contribution in [-0.2, 0) is 0 Å². The minimum absolute atomic E-state index is 0.540. The SMILES string of the molecule is N#Cc1ccc(NCCN2CCCCCC2)cc1N. The van der Waals surface area contributed by atoms with Gasteiger partial charge in [-0.15, -0.1) is 0 Å². The molecule has 0 saturated carbocycles. The molecule has 1 fully saturated rings. The van der Waals surface area contributed by atoms with Crippen LogP contribution in [0.1, 0.15) is 31.2 Å². The Labute approximate surface area is 115 Å². The van der Waals surface area contributed by atoms with E-state index in [2.05, 4.69) is 16.3 Å². The summed E-state index contributed by atoms with van der Waals surface area (Å²) in [5, 5.41) is 12.2. The molecule has 3 N–H and O–H groups in total. The normalized spacial score (nSPS) is 16.6. The summed E-state index contributed by atoms with van der Waals surface area (Å²) in [4.78, 5) is 2.52.